The number of aromatic nitrogens is 2. The Kier molecular flexibility index (Phi) is 7.84. The van der Waals surface area contributed by atoms with Crippen LogP contribution in [0.3, 0.4) is 0 Å². The summed E-state index contributed by atoms with van der Waals surface area (Å²) in [5, 5.41) is 10.4. The SMILES string of the molecule is CCNC(=NCc1cccc(OCC)c1OC(F)F)NCc1ccnn1C. The second kappa shape index (κ2) is 10.3. The Morgan fingerprint density at radius 1 is 1.26 bits per heavy atom. The largest absolute Gasteiger partial charge is 0.490 e. The second-order valence-electron chi connectivity index (χ2n) is 5.55. The highest BCUT2D eigenvalue weighted by Gasteiger charge is 2.15. The number of aryl methyl sites for hydroxylation is 1. The Hall–Kier alpha value is -2.84. The average molecular weight is 381 g/mol. The first-order valence-corrected chi connectivity index (χ1v) is 8.73. The van der Waals surface area contributed by atoms with Gasteiger partial charge in [0.15, 0.2) is 17.5 Å². The number of guanidine groups is 1. The zero-order chi connectivity index (χ0) is 19.6. The van der Waals surface area contributed by atoms with Crippen LogP contribution in [0.1, 0.15) is 25.1 Å². The van der Waals surface area contributed by atoms with Crippen LogP contribution >= 0.6 is 0 Å². The average Bonchev–Trinajstić information content (AvgIpc) is 3.04. The van der Waals surface area contributed by atoms with Gasteiger partial charge in [-0.1, -0.05) is 12.1 Å². The Morgan fingerprint density at radius 3 is 2.70 bits per heavy atom. The molecular weight excluding hydrogens is 356 g/mol. The molecule has 0 aliphatic rings. The lowest BCUT2D eigenvalue weighted by Gasteiger charge is -2.15. The number of ether oxygens (including phenoxy) is 2. The molecule has 0 saturated carbocycles. The fraction of sp³-hybridized carbons (Fsp3) is 0.444. The predicted molar refractivity (Wildman–Crippen MR) is 99.1 cm³/mol. The molecule has 0 unspecified atom stereocenters. The Labute approximate surface area is 157 Å². The molecular formula is C18H25F2N5O2. The van der Waals surface area contributed by atoms with Crippen molar-refractivity contribution in [2.75, 3.05) is 13.2 Å². The monoisotopic (exact) mass is 381 g/mol. The smallest absolute Gasteiger partial charge is 0.387 e. The maximum atomic E-state index is 12.8. The van der Waals surface area contributed by atoms with E-state index in [0.29, 0.717) is 31.2 Å². The summed E-state index contributed by atoms with van der Waals surface area (Å²) in [4.78, 5) is 4.47. The van der Waals surface area contributed by atoms with Crippen LogP contribution in [0, 0.1) is 0 Å². The van der Waals surface area contributed by atoms with E-state index in [4.69, 9.17) is 4.74 Å². The fourth-order valence-corrected chi connectivity index (χ4v) is 2.43. The lowest BCUT2D eigenvalue weighted by atomic mass is 10.2. The van der Waals surface area contributed by atoms with E-state index in [1.165, 1.54) is 0 Å². The molecule has 7 nitrogen and oxygen atoms in total. The molecule has 148 valence electrons. The molecule has 1 aromatic carbocycles. The molecule has 0 aliphatic carbocycles. The Balaban J connectivity index is 2.16. The van der Waals surface area contributed by atoms with E-state index in [1.807, 2.05) is 20.0 Å². The van der Waals surface area contributed by atoms with Gasteiger partial charge >= 0.3 is 6.61 Å². The molecule has 27 heavy (non-hydrogen) atoms. The number of nitrogens with one attached hydrogen (secondary N) is 2. The number of para-hydroxylation sites is 1. The standard InChI is InChI=1S/C18H25F2N5O2/c1-4-21-18(23-12-14-9-10-24-25(14)3)22-11-13-7-6-8-15(26-5-2)16(13)27-17(19)20/h6-10,17H,4-5,11-12H2,1-3H3,(H2,21,22,23). The predicted octanol–water partition coefficient (Wildman–Crippen LogP) is 2.68. The van der Waals surface area contributed by atoms with Gasteiger partial charge < -0.3 is 20.1 Å². The minimum Gasteiger partial charge on any atom is -0.490 e. The van der Waals surface area contributed by atoms with Crippen LogP contribution in [0.5, 0.6) is 11.5 Å². The molecule has 2 rings (SSSR count). The van der Waals surface area contributed by atoms with Gasteiger partial charge in [0.25, 0.3) is 0 Å². The summed E-state index contributed by atoms with van der Waals surface area (Å²) in [6, 6.07) is 6.91. The van der Waals surface area contributed by atoms with Crippen molar-refractivity contribution in [2.24, 2.45) is 12.0 Å². The summed E-state index contributed by atoms with van der Waals surface area (Å²) >= 11 is 0. The fourth-order valence-electron chi connectivity index (χ4n) is 2.43. The molecule has 1 heterocycles. The number of rotatable bonds is 9. The Bertz CT molecular complexity index is 749. The van der Waals surface area contributed by atoms with Crippen LogP contribution in [0.4, 0.5) is 8.78 Å². The third kappa shape index (κ3) is 6.12. The highest BCUT2D eigenvalue weighted by Crippen LogP contribution is 2.33. The minimum absolute atomic E-state index is 0.0144. The number of benzene rings is 1. The molecule has 1 aromatic heterocycles. The van der Waals surface area contributed by atoms with E-state index < -0.39 is 6.61 Å². The van der Waals surface area contributed by atoms with Crippen molar-refractivity contribution in [3.63, 3.8) is 0 Å². The number of halogens is 2. The number of hydrogen-bond donors (Lipinski definition) is 2. The van der Waals surface area contributed by atoms with Crippen LogP contribution < -0.4 is 20.1 Å². The summed E-state index contributed by atoms with van der Waals surface area (Å²) in [5.41, 5.74) is 1.50. The first kappa shape index (κ1) is 20.5. The van der Waals surface area contributed by atoms with Gasteiger partial charge in [-0.05, 0) is 26.0 Å². The maximum Gasteiger partial charge on any atom is 0.387 e. The van der Waals surface area contributed by atoms with Gasteiger partial charge in [-0.15, -0.1) is 0 Å². The summed E-state index contributed by atoms with van der Waals surface area (Å²) < 4.78 is 37.5. The third-order valence-corrected chi connectivity index (χ3v) is 3.68. The van der Waals surface area contributed by atoms with Crippen LogP contribution in [-0.2, 0) is 20.1 Å². The van der Waals surface area contributed by atoms with Gasteiger partial charge in [-0.3, -0.25) is 4.68 Å². The van der Waals surface area contributed by atoms with E-state index in [1.54, 1.807) is 36.0 Å². The van der Waals surface area contributed by atoms with E-state index in [9.17, 15) is 8.78 Å². The summed E-state index contributed by atoms with van der Waals surface area (Å²) in [7, 11) is 1.86. The lowest BCUT2D eigenvalue weighted by Crippen LogP contribution is -2.37. The molecule has 2 aromatic rings. The highest BCUT2D eigenvalue weighted by molar-refractivity contribution is 5.79. The minimum atomic E-state index is -2.94. The van der Waals surface area contributed by atoms with Gasteiger partial charge in [-0.25, -0.2) is 4.99 Å². The number of alkyl halides is 2. The van der Waals surface area contributed by atoms with Gasteiger partial charge in [-0.2, -0.15) is 13.9 Å². The molecule has 0 fully saturated rings. The molecule has 2 N–H and O–H groups in total. The zero-order valence-electron chi connectivity index (χ0n) is 15.7. The zero-order valence-corrected chi connectivity index (χ0v) is 15.7. The van der Waals surface area contributed by atoms with Gasteiger partial charge in [0.2, 0.25) is 0 Å². The molecule has 0 aliphatic heterocycles. The van der Waals surface area contributed by atoms with E-state index >= 15 is 0 Å². The number of nitrogens with zero attached hydrogens (tertiary/aromatic N) is 3. The van der Waals surface area contributed by atoms with Crippen molar-refractivity contribution < 1.29 is 18.3 Å². The van der Waals surface area contributed by atoms with Crippen molar-refractivity contribution in [2.45, 2.75) is 33.5 Å². The van der Waals surface area contributed by atoms with Crippen LogP contribution in [0.2, 0.25) is 0 Å². The Morgan fingerprint density at radius 2 is 2.07 bits per heavy atom. The number of hydrogen-bond acceptors (Lipinski definition) is 4. The van der Waals surface area contributed by atoms with E-state index in [0.717, 1.165) is 5.69 Å². The molecule has 9 heteroatoms. The molecule has 0 atom stereocenters. The van der Waals surface area contributed by atoms with Gasteiger partial charge in [0.1, 0.15) is 0 Å². The van der Waals surface area contributed by atoms with E-state index in [-0.39, 0.29) is 18.0 Å². The maximum absolute atomic E-state index is 12.8. The quantitative estimate of drug-likeness (QED) is 0.516. The normalized spacial score (nSPS) is 11.6. The van der Waals surface area contributed by atoms with Crippen molar-refractivity contribution in [1.82, 2.24) is 20.4 Å². The van der Waals surface area contributed by atoms with Gasteiger partial charge in [0.05, 0.1) is 25.4 Å². The molecule has 0 radical (unpaired) electrons. The van der Waals surface area contributed by atoms with E-state index in [2.05, 4.69) is 25.5 Å². The summed E-state index contributed by atoms with van der Waals surface area (Å²) in [6.07, 6.45) is 1.72. The summed E-state index contributed by atoms with van der Waals surface area (Å²) in [5.74, 6) is 0.849. The van der Waals surface area contributed by atoms with Crippen molar-refractivity contribution in [1.29, 1.82) is 0 Å². The molecule has 0 spiro atoms. The van der Waals surface area contributed by atoms with Gasteiger partial charge in [0, 0.05) is 25.4 Å². The van der Waals surface area contributed by atoms with Crippen LogP contribution in [-0.4, -0.2) is 35.5 Å². The first-order valence-electron chi connectivity index (χ1n) is 8.73. The van der Waals surface area contributed by atoms with Crippen molar-refractivity contribution in [3.8, 4) is 11.5 Å². The van der Waals surface area contributed by atoms with Crippen molar-refractivity contribution >= 4 is 5.96 Å². The lowest BCUT2D eigenvalue weighted by molar-refractivity contribution is -0.0520. The first-order chi connectivity index (χ1) is 13.0. The molecule has 0 bridgehead atoms. The van der Waals surface area contributed by atoms with Crippen molar-refractivity contribution in [3.05, 3.63) is 41.7 Å². The second-order valence-corrected chi connectivity index (χ2v) is 5.55. The highest BCUT2D eigenvalue weighted by atomic mass is 19.3. The topological polar surface area (TPSA) is 72.7 Å². The third-order valence-electron chi connectivity index (χ3n) is 3.68. The molecule has 0 amide bonds. The van der Waals surface area contributed by atoms with Crippen LogP contribution in [0.15, 0.2) is 35.5 Å². The molecule has 0 saturated heterocycles. The summed E-state index contributed by atoms with van der Waals surface area (Å²) in [6.45, 7) is 2.49. The van der Waals surface area contributed by atoms with Crippen LogP contribution in [0.25, 0.3) is 0 Å². The number of aliphatic imine (C=N–C) groups is 1.